The highest BCUT2D eigenvalue weighted by Gasteiger charge is 2.41. The van der Waals surface area contributed by atoms with Crippen LogP contribution in [0, 0.1) is 0 Å². The van der Waals surface area contributed by atoms with Gasteiger partial charge in [-0.1, -0.05) is 0 Å². The molecule has 4 rings (SSSR count). The van der Waals surface area contributed by atoms with Crippen molar-refractivity contribution in [2.24, 2.45) is 0 Å². The summed E-state index contributed by atoms with van der Waals surface area (Å²) in [6, 6.07) is 2.37. The summed E-state index contributed by atoms with van der Waals surface area (Å²) in [5.41, 5.74) is 3.71. The van der Waals surface area contributed by atoms with Crippen molar-refractivity contribution in [2.75, 3.05) is 36.5 Å². The normalized spacial score (nSPS) is 21.2. The van der Waals surface area contributed by atoms with Gasteiger partial charge in [0.1, 0.15) is 6.04 Å². The summed E-state index contributed by atoms with van der Waals surface area (Å²) in [6.07, 6.45) is 3.73. The molecule has 0 aromatic carbocycles. The lowest BCUT2D eigenvalue weighted by Gasteiger charge is -2.47. The van der Waals surface area contributed by atoms with Crippen molar-refractivity contribution in [3.63, 3.8) is 0 Å². The molecule has 2 aromatic heterocycles. The molecule has 0 aliphatic carbocycles. The molecule has 1 fully saturated rings. The molecular formula is C17H21N5OS. The minimum atomic E-state index is -0.139. The van der Waals surface area contributed by atoms with E-state index in [4.69, 9.17) is 4.98 Å². The van der Waals surface area contributed by atoms with Crippen LogP contribution < -0.4 is 9.80 Å². The first-order chi connectivity index (χ1) is 11.6. The fourth-order valence-corrected chi connectivity index (χ4v) is 4.09. The second-order valence-electron chi connectivity index (χ2n) is 6.63. The maximum absolute atomic E-state index is 12.9. The van der Waals surface area contributed by atoms with Gasteiger partial charge in [-0.25, -0.2) is 4.98 Å². The van der Waals surface area contributed by atoms with Gasteiger partial charge < -0.3 is 9.80 Å². The predicted molar refractivity (Wildman–Crippen MR) is 96.6 cm³/mol. The van der Waals surface area contributed by atoms with Crippen molar-refractivity contribution < 1.29 is 4.79 Å². The number of hydrogen-bond acceptors (Lipinski definition) is 6. The Bertz CT molecular complexity index is 760. The molecule has 0 spiro atoms. The number of thiazole rings is 1. The lowest BCUT2D eigenvalue weighted by atomic mass is 10.0. The molecule has 7 heteroatoms. The maximum atomic E-state index is 12.9. The summed E-state index contributed by atoms with van der Waals surface area (Å²) < 4.78 is 0. The van der Waals surface area contributed by atoms with Gasteiger partial charge in [0.15, 0.2) is 5.82 Å². The van der Waals surface area contributed by atoms with E-state index >= 15 is 0 Å². The molecule has 4 heterocycles. The van der Waals surface area contributed by atoms with Gasteiger partial charge in [0, 0.05) is 50.7 Å². The summed E-state index contributed by atoms with van der Waals surface area (Å²) in [6.45, 7) is 6.92. The van der Waals surface area contributed by atoms with E-state index in [9.17, 15) is 4.79 Å². The van der Waals surface area contributed by atoms with Gasteiger partial charge in [-0.05, 0) is 19.9 Å². The molecule has 2 aliphatic heterocycles. The molecule has 0 unspecified atom stereocenters. The molecule has 24 heavy (non-hydrogen) atoms. The second kappa shape index (κ2) is 5.82. The molecule has 0 bridgehead atoms. The lowest BCUT2D eigenvalue weighted by molar-refractivity contribution is -0.121. The first kappa shape index (κ1) is 15.5. The summed E-state index contributed by atoms with van der Waals surface area (Å²) >= 11 is 1.58. The molecule has 1 saturated heterocycles. The Morgan fingerprint density at radius 2 is 2.12 bits per heavy atom. The first-order valence-electron chi connectivity index (χ1n) is 8.23. The highest BCUT2D eigenvalue weighted by molar-refractivity contribution is 7.13. The van der Waals surface area contributed by atoms with E-state index in [0.717, 1.165) is 41.6 Å². The van der Waals surface area contributed by atoms with E-state index in [-0.39, 0.29) is 11.9 Å². The fourth-order valence-electron chi connectivity index (χ4n) is 3.49. The van der Waals surface area contributed by atoms with Crippen LogP contribution in [0.2, 0.25) is 0 Å². The summed E-state index contributed by atoms with van der Waals surface area (Å²) in [5, 5.41) is 0. The number of likely N-dealkylation sites (N-methyl/N-ethyl adjacent to an activating group) is 1. The van der Waals surface area contributed by atoms with E-state index in [1.165, 1.54) is 0 Å². The Morgan fingerprint density at radius 1 is 1.29 bits per heavy atom. The number of amides is 1. The molecular weight excluding hydrogens is 322 g/mol. The summed E-state index contributed by atoms with van der Waals surface area (Å²) in [7, 11) is 1.85. The summed E-state index contributed by atoms with van der Waals surface area (Å²) in [4.78, 5) is 29.1. The van der Waals surface area contributed by atoms with Gasteiger partial charge in [-0.3, -0.25) is 14.7 Å². The average Bonchev–Trinajstić information content (AvgIpc) is 3.13. The van der Waals surface area contributed by atoms with Crippen LogP contribution in [0.5, 0.6) is 0 Å². The third-order valence-corrected chi connectivity index (χ3v) is 5.78. The van der Waals surface area contributed by atoms with E-state index in [2.05, 4.69) is 34.7 Å². The summed E-state index contributed by atoms with van der Waals surface area (Å²) in [5.74, 6) is 1.06. The zero-order valence-electron chi connectivity index (χ0n) is 14.1. The van der Waals surface area contributed by atoms with Crippen molar-refractivity contribution in [1.29, 1.82) is 0 Å². The van der Waals surface area contributed by atoms with Gasteiger partial charge in [0.25, 0.3) is 5.91 Å². The number of pyridine rings is 1. The highest BCUT2D eigenvalue weighted by Crippen LogP contribution is 2.38. The minimum Gasteiger partial charge on any atom is -0.340 e. The number of rotatable bonds is 2. The number of aromatic nitrogens is 2. The molecule has 2 aromatic rings. The zero-order valence-corrected chi connectivity index (χ0v) is 15.0. The SMILES string of the molecule is CC(C)N1CCN2c3ncc(-c4cncs4)cc3N(C)C(=O)[C@H]2C1. The fraction of sp³-hybridized carbons (Fsp3) is 0.471. The van der Waals surface area contributed by atoms with Crippen molar-refractivity contribution >= 4 is 28.7 Å². The van der Waals surface area contributed by atoms with Crippen molar-refractivity contribution in [3.05, 3.63) is 24.0 Å². The molecule has 0 saturated carbocycles. The van der Waals surface area contributed by atoms with E-state index in [0.29, 0.717) is 6.04 Å². The van der Waals surface area contributed by atoms with Crippen molar-refractivity contribution in [1.82, 2.24) is 14.9 Å². The molecule has 0 radical (unpaired) electrons. The Hall–Kier alpha value is -1.99. The Labute approximate surface area is 145 Å². The first-order valence-corrected chi connectivity index (χ1v) is 9.11. The van der Waals surface area contributed by atoms with Crippen LogP contribution in [0.1, 0.15) is 13.8 Å². The molecule has 1 atom stereocenters. The maximum Gasteiger partial charge on any atom is 0.250 e. The quantitative estimate of drug-likeness (QED) is 0.836. The Balaban J connectivity index is 1.72. The highest BCUT2D eigenvalue weighted by atomic mass is 32.1. The van der Waals surface area contributed by atoms with Crippen LogP contribution in [0.25, 0.3) is 10.4 Å². The molecule has 1 amide bonds. The van der Waals surface area contributed by atoms with Gasteiger partial charge in [-0.15, -0.1) is 11.3 Å². The third-order valence-electron chi connectivity index (χ3n) is 4.96. The second-order valence-corrected chi connectivity index (χ2v) is 7.51. The average molecular weight is 343 g/mol. The number of carbonyl (C=O) groups is 1. The number of piperazine rings is 1. The zero-order chi connectivity index (χ0) is 16.8. The Kier molecular flexibility index (Phi) is 3.77. The standard InChI is InChI=1S/C17H21N5OS/c1-11(2)21-4-5-22-14(9-21)17(23)20(3)13-6-12(7-19-16(13)22)15-8-18-10-24-15/h6-8,10-11,14H,4-5,9H2,1-3H3/t14-/m1/s1. The van der Waals surface area contributed by atoms with Crippen LogP contribution in [-0.2, 0) is 4.79 Å². The third kappa shape index (κ3) is 2.39. The number of fused-ring (bicyclic) bond motifs is 3. The smallest absolute Gasteiger partial charge is 0.250 e. The van der Waals surface area contributed by atoms with Crippen LogP contribution in [0.3, 0.4) is 0 Å². The van der Waals surface area contributed by atoms with Crippen molar-refractivity contribution in [2.45, 2.75) is 25.9 Å². The minimum absolute atomic E-state index is 0.139. The van der Waals surface area contributed by atoms with E-state index in [1.54, 1.807) is 16.2 Å². The van der Waals surface area contributed by atoms with E-state index < -0.39 is 0 Å². The van der Waals surface area contributed by atoms with Gasteiger partial charge >= 0.3 is 0 Å². The predicted octanol–water partition coefficient (Wildman–Crippen LogP) is 2.08. The Morgan fingerprint density at radius 3 is 2.83 bits per heavy atom. The van der Waals surface area contributed by atoms with Crippen LogP contribution >= 0.6 is 11.3 Å². The van der Waals surface area contributed by atoms with Gasteiger partial charge in [0.2, 0.25) is 0 Å². The van der Waals surface area contributed by atoms with Crippen LogP contribution in [-0.4, -0.2) is 59.5 Å². The van der Waals surface area contributed by atoms with Crippen LogP contribution in [0.4, 0.5) is 11.5 Å². The van der Waals surface area contributed by atoms with E-state index in [1.807, 2.05) is 25.0 Å². The van der Waals surface area contributed by atoms with Crippen molar-refractivity contribution in [3.8, 4) is 10.4 Å². The molecule has 126 valence electrons. The number of anilines is 2. The lowest BCUT2D eigenvalue weighted by Crippen LogP contribution is -2.63. The molecule has 6 nitrogen and oxygen atoms in total. The van der Waals surface area contributed by atoms with Gasteiger partial charge in [-0.2, -0.15) is 0 Å². The topological polar surface area (TPSA) is 52.6 Å². The van der Waals surface area contributed by atoms with Gasteiger partial charge in [0.05, 0.1) is 16.1 Å². The monoisotopic (exact) mass is 343 g/mol. The number of nitrogens with zero attached hydrogens (tertiary/aromatic N) is 5. The van der Waals surface area contributed by atoms with Crippen LogP contribution in [0.15, 0.2) is 24.0 Å². The molecule has 0 N–H and O–H groups in total. The number of hydrogen-bond donors (Lipinski definition) is 0. The molecule has 2 aliphatic rings. The number of carbonyl (C=O) groups excluding carboxylic acids is 1. The largest absolute Gasteiger partial charge is 0.340 e.